The van der Waals surface area contributed by atoms with E-state index in [1.54, 1.807) is 6.07 Å². The molecule has 20 heavy (non-hydrogen) atoms. The lowest BCUT2D eigenvalue weighted by Crippen LogP contribution is -2.14. The van der Waals surface area contributed by atoms with Crippen molar-refractivity contribution in [1.82, 2.24) is 5.32 Å². The van der Waals surface area contributed by atoms with Gasteiger partial charge in [-0.15, -0.1) is 11.3 Å². The van der Waals surface area contributed by atoms with Crippen molar-refractivity contribution in [2.75, 3.05) is 0 Å². The van der Waals surface area contributed by atoms with Gasteiger partial charge in [-0.3, -0.25) is 4.79 Å². The van der Waals surface area contributed by atoms with Crippen molar-refractivity contribution in [3.05, 3.63) is 56.8 Å². The smallest absolute Gasteiger partial charge is 0.248 e. The Kier molecular flexibility index (Phi) is 4.93. The number of thiophene rings is 1. The van der Waals surface area contributed by atoms with Crippen LogP contribution in [-0.2, 0) is 19.5 Å². The van der Waals surface area contributed by atoms with E-state index in [2.05, 4.69) is 24.4 Å². The molecule has 1 aromatic heterocycles. The monoisotopic (exact) mass is 288 g/mol. The van der Waals surface area contributed by atoms with Crippen molar-refractivity contribution in [3.8, 4) is 0 Å². The number of carbonyl (C=O) groups excluding carboxylic acids is 1. The average Bonchev–Trinajstić information content (AvgIpc) is 2.88. The standard InChI is InChI=1S/C16H20N2OS/c1-3-14-6-7-15(20-14)10-18-9-13-5-4-12(16(17)19)8-11(13)2/h4-8,18H,3,9-10H2,1-2H3,(H2,17,19). The highest BCUT2D eigenvalue weighted by molar-refractivity contribution is 7.11. The Hall–Kier alpha value is -1.65. The first-order valence-corrected chi connectivity index (χ1v) is 7.59. The third-order valence-electron chi connectivity index (χ3n) is 3.31. The third-order valence-corrected chi connectivity index (χ3v) is 4.54. The Bertz CT molecular complexity index is 604. The largest absolute Gasteiger partial charge is 0.366 e. The Balaban J connectivity index is 1.92. The molecule has 0 unspecified atom stereocenters. The molecule has 3 nitrogen and oxygen atoms in total. The first kappa shape index (κ1) is 14.8. The van der Waals surface area contributed by atoms with E-state index < -0.39 is 0 Å². The lowest BCUT2D eigenvalue weighted by Gasteiger charge is -2.08. The van der Waals surface area contributed by atoms with Crippen molar-refractivity contribution in [1.29, 1.82) is 0 Å². The van der Waals surface area contributed by atoms with Gasteiger partial charge in [-0.2, -0.15) is 0 Å². The summed E-state index contributed by atoms with van der Waals surface area (Å²) in [5.74, 6) is -0.377. The number of nitrogens with one attached hydrogen (secondary N) is 1. The molecule has 2 rings (SSSR count). The molecule has 0 aliphatic carbocycles. The first-order chi connectivity index (χ1) is 9.60. The molecule has 4 heteroatoms. The first-order valence-electron chi connectivity index (χ1n) is 6.77. The molecule has 0 spiro atoms. The molecular weight excluding hydrogens is 268 g/mol. The van der Waals surface area contributed by atoms with Crippen LogP contribution in [0.1, 0.15) is 38.2 Å². The molecule has 0 saturated heterocycles. The van der Waals surface area contributed by atoms with E-state index in [4.69, 9.17) is 5.73 Å². The van der Waals surface area contributed by atoms with Gasteiger partial charge in [0, 0.05) is 28.4 Å². The number of aryl methyl sites for hydroxylation is 2. The fraction of sp³-hybridized carbons (Fsp3) is 0.312. The molecule has 0 saturated carbocycles. The summed E-state index contributed by atoms with van der Waals surface area (Å²) in [4.78, 5) is 13.9. The summed E-state index contributed by atoms with van der Waals surface area (Å²) in [5.41, 5.74) is 8.13. The minimum absolute atomic E-state index is 0.377. The normalized spacial score (nSPS) is 10.7. The average molecular weight is 288 g/mol. The SMILES string of the molecule is CCc1ccc(CNCc2ccc(C(N)=O)cc2C)s1. The molecule has 1 heterocycles. The molecule has 0 fully saturated rings. The van der Waals surface area contributed by atoms with Crippen molar-refractivity contribution < 1.29 is 4.79 Å². The highest BCUT2D eigenvalue weighted by Crippen LogP contribution is 2.17. The molecule has 0 bridgehead atoms. The Labute approximate surface area is 123 Å². The molecule has 0 atom stereocenters. The van der Waals surface area contributed by atoms with Crippen molar-refractivity contribution in [2.45, 2.75) is 33.4 Å². The fourth-order valence-corrected chi connectivity index (χ4v) is 3.00. The van der Waals surface area contributed by atoms with Crippen LogP contribution < -0.4 is 11.1 Å². The number of benzene rings is 1. The number of carbonyl (C=O) groups is 1. The van der Waals surface area contributed by atoms with Crippen molar-refractivity contribution in [2.24, 2.45) is 5.73 Å². The predicted octanol–water partition coefficient (Wildman–Crippen LogP) is 3.01. The Morgan fingerprint density at radius 3 is 2.55 bits per heavy atom. The van der Waals surface area contributed by atoms with Gasteiger partial charge < -0.3 is 11.1 Å². The summed E-state index contributed by atoms with van der Waals surface area (Å²) >= 11 is 1.85. The summed E-state index contributed by atoms with van der Waals surface area (Å²) in [5, 5.41) is 3.44. The second-order valence-corrected chi connectivity index (χ2v) is 6.08. The topological polar surface area (TPSA) is 55.1 Å². The van der Waals surface area contributed by atoms with Crippen LogP contribution in [0.25, 0.3) is 0 Å². The quantitative estimate of drug-likeness (QED) is 0.858. The van der Waals surface area contributed by atoms with Gasteiger partial charge in [0.15, 0.2) is 0 Å². The Morgan fingerprint density at radius 1 is 1.20 bits per heavy atom. The lowest BCUT2D eigenvalue weighted by atomic mass is 10.0. The number of amides is 1. The van der Waals surface area contributed by atoms with Gasteiger partial charge in [0.05, 0.1) is 0 Å². The number of rotatable bonds is 6. The molecule has 3 N–H and O–H groups in total. The number of primary amides is 1. The van der Waals surface area contributed by atoms with E-state index in [1.165, 1.54) is 15.3 Å². The predicted molar refractivity (Wildman–Crippen MR) is 83.9 cm³/mol. The van der Waals surface area contributed by atoms with Gasteiger partial charge in [-0.1, -0.05) is 13.0 Å². The molecule has 0 aliphatic rings. The summed E-state index contributed by atoms with van der Waals surface area (Å²) < 4.78 is 0. The minimum atomic E-state index is -0.377. The summed E-state index contributed by atoms with van der Waals surface area (Å²) in [6.45, 7) is 5.85. The van der Waals surface area contributed by atoms with E-state index in [0.29, 0.717) is 5.56 Å². The molecule has 106 valence electrons. The van der Waals surface area contributed by atoms with Crippen LogP contribution in [0.15, 0.2) is 30.3 Å². The zero-order chi connectivity index (χ0) is 14.5. The van der Waals surface area contributed by atoms with Crippen LogP contribution in [-0.4, -0.2) is 5.91 Å². The van der Waals surface area contributed by atoms with Crippen LogP contribution in [0.4, 0.5) is 0 Å². The van der Waals surface area contributed by atoms with Crippen molar-refractivity contribution in [3.63, 3.8) is 0 Å². The van der Waals surface area contributed by atoms with Crippen LogP contribution in [0.3, 0.4) is 0 Å². The zero-order valence-electron chi connectivity index (χ0n) is 11.9. The molecule has 0 aliphatic heterocycles. The van der Waals surface area contributed by atoms with Gasteiger partial charge in [0.2, 0.25) is 5.91 Å². The van der Waals surface area contributed by atoms with Gasteiger partial charge in [-0.05, 0) is 48.7 Å². The zero-order valence-corrected chi connectivity index (χ0v) is 12.7. The highest BCUT2D eigenvalue weighted by Gasteiger charge is 2.04. The van der Waals surface area contributed by atoms with Gasteiger partial charge >= 0.3 is 0 Å². The molecule has 1 aromatic carbocycles. The second kappa shape index (κ2) is 6.68. The highest BCUT2D eigenvalue weighted by atomic mass is 32.1. The van der Waals surface area contributed by atoms with Gasteiger partial charge in [-0.25, -0.2) is 0 Å². The summed E-state index contributed by atoms with van der Waals surface area (Å²) in [6, 6.07) is 9.97. The van der Waals surface area contributed by atoms with E-state index >= 15 is 0 Å². The molecule has 1 amide bonds. The van der Waals surface area contributed by atoms with Crippen LogP contribution >= 0.6 is 11.3 Å². The van der Waals surface area contributed by atoms with E-state index in [9.17, 15) is 4.79 Å². The lowest BCUT2D eigenvalue weighted by molar-refractivity contribution is 0.1000. The van der Waals surface area contributed by atoms with E-state index in [-0.39, 0.29) is 5.91 Å². The summed E-state index contributed by atoms with van der Waals surface area (Å²) in [6.07, 6.45) is 1.10. The van der Waals surface area contributed by atoms with Crippen LogP contribution in [0, 0.1) is 6.92 Å². The molecule has 0 radical (unpaired) electrons. The van der Waals surface area contributed by atoms with Gasteiger partial charge in [0.1, 0.15) is 0 Å². The fourth-order valence-electron chi connectivity index (χ4n) is 2.08. The Morgan fingerprint density at radius 2 is 1.95 bits per heavy atom. The molecular formula is C16H20N2OS. The van der Waals surface area contributed by atoms with E-state index in [1.807, 2.05) is 30.4 Å². The van der Waals surface area contributed by atoms with Crippen molar-refractivity contribution >= 4 is 17.2 Å². The summed E-state index contributed by atoms with van der Waals surface area (Å²) in [7, 11) is 0. The van der Waals surface area contributed by atoms with Gasteiger partial charge in [0.25, 0.3) is 0 Å². The van der Waals surface area contributed by atoms with E-state index in [0.717, 1.165) is 25.1 Å². The number of nitrogens with two attached hydrogens (primary N) is 1. The third kappa shape index (κ3) is 3.68. The maximum Gasteiger partial charge on any atom is 0.248 e. The van der Waals surface area contributed by atoms with Crippen LogP contribution in [0.2, 0.25) is 0 Å². The minimum Gasteiger partial charge on any atom is -0.366 e. The molecule has 2 aromatic rings. The maximum absolute atomic E-state index is 11.1. The maximum atomic E-state index is 11.1. The number of hydrogen-bond donors (Lipinski definition) is 2. The van der Waals surface area contributed by atoms with Crippen LogP contribution in [0.5, 0.6) is 0 Å². The number of hydrogen-bond acceptors (Lipinski definition) is 3. The second-order valence-electron chi connectivity index (χ2n) is 4.83.